The minimum atomic E-state index is -0.789. The summed E-state index contributed by atoms with van der Waals surface area (Å²) in [5.74, 6) is -0.0115. The third-order valence-corrected chi connectivity index (χ3v) is 4.47. The van der Waals surface area contributed by atoms with Gasteiger partial charge in [0.1, 0.15) is 5.60 Å². The van der Waals surface area contributed by atoms with Crippen LogP contribution in [-0.2, 0) is 11.3 Å². The number of aliphatic hydroxyl groups is 1. The van der Waals surface area contributed by atoms with Crippen LogP contribution < -0.4 is 0 Å². The molecule has 2 heterocycles. The molecule has 0 spiro atoms. The predicted molar refractivity (Wildman–Crippen MR) is 88.2 cm³/mol. The van der Waals surface area contributed by atoms with Crippen LogP contribution in [0.15, 0.2) is 36.9 Å². The molecule has 0 unspecified atom stereocenters. The number of ether oxygens (including phenoxy) is 1. The lowest BCUT2D eigenvalue weighted by molar-refractivity contribution is -0.0781. The van der Waals surface area contributed by atoms with Crippen LogP contribution >= 0.6 is 0 Å². The molecule has 1 N–H and O–H groups in total. The van der Waals surface area contributed by atoms with Crippen molar-refractivity contribution in [2.45, 2.75) is 18.6 Å². The quantitative estimate of drug-likeness (QED) is 0.832. The molecule has 0 radical (unpaired) electrons. The summed E-state index contributed by atoms with van der Waals surface area (Å²) in [5, 5.41) is 10.2. The Hall–Kier alpha value is -1.69. The van der Waals surface area contributed by atoms with Crippen LogP contribution in [-0.4, -0.2) is 65.8 Å². The third kappa shape index (κ3) is 3.80. The van der Waals surface area contributed by atoms with Gasteiger partial charge in [0.25, 0.3) is 5.91 Å². The maximum atomic E-state index is 12.5. The Morgan fingerprint density at radius 2 is 2.09 bits per heavy atom. The van der Waals surface area contributed by atoms with E-state index in [0.717, 1.165) is 38.4 Å². The fourth-order valence-electron chi connectivity index (χ4n) is 3.21. The standard InChI is InChI=1S/C18H24N2O3/c1-2-6-18(22)13-20(14-18)17(21)16-5-3-4-15(11-16)12-19-7-9-23-10-8-19/h2-5,11,22H,1,6-10,12-14H2. The SMILES string of the molecule is C=CCC1(O)CN(C(=O)c2cccc(CN3CCOCC3)c2)C1. The number of hydrogen-bond donors (Lipinski definition) is 1. The van der Waals surface area contributed by atoms with Crippen LogP contribution in [0, 0.1) is 0 Å². The lowest BCUT2D eigenvalue weighted by atomic mass is 9.90. The topological polar surface area (TPSA) is 53.0 Å². The van der Waals surface area contributed by atoms with Crippen molar-refractivity contribution in [1.29, 1.82) is 0 Å². The second kappa shape index (κ2) is 6.83. The molecular weight excluding hydrogens is 292 g/mol. The number of rotatable bonds is 5. The van der Waals surface area contributed by atoms with Crippen molar-refractivity contribution in [2.75, 3.05) is 39.4 Å². The Balaban J connectivity index is 1.61. The van der Waals surface area contributed by atoms with E-state index in [1.54, 1.807) is 11.0 Å². The number of nitrogens with zero attached hydrogens (tertiary/aromatic N) is 2. The van der Waals surface area contributed by atoms with E-state index in [1.807, 2.05) is 18.2 Å². The zero-order chi connectivity index (χ0) is 16.3. The monoisotopic (exact) mass is 316 g/mol. The average Bonchev–Trinajstić information content (AvgIpc) is 2.53. The molecule has 0 saturated carbocycles. The highest BCUT2D eigenvalue weighted by molar-refractivity contribution is 5.95. The van der Waals surface area contributed by atoms with Crippen LogP contribution in [0.2, 0.25) is 0 Å². The smallest absolute Gasteiger partial charge is 0.254 e. The minimum Gasteiger partial charge on any atom is -0.386 e. The fourth-order valence-corrected chi connectivity index (χ4v) is 3.21. The van der Waals surface area contributed by atoms with Crippen molar-refractivity contribution in [3.63, 3.8) is 0 Å². The number of benzene rings is 1. The van der Waals surface area contributed by atoms with Crippen molar-refractivity contribution in [2.24, 2.45) is 0 Å². The molecule has 2 aliphatic rings. The number of likely N-dealkylation sites (tertiary alicyclic amines) is 1. The van der Waals surface area contributed by atoms with Gasteiger partial charge in [-0.05, 0) is 24.1 Å². The first-order chi connectivity index (χ1) is 11.1. The molecule has 0 atom stereocenters. The van der Waals surface area contributed by atoms with Gasteiger partial charge in [-0.1, -0.05) is 18.2 Å². The third-order valence-electron chi connectivity index (χ3n) is 4.47. The molecular formula is C18H24N2O3. The normalized spacial score (nSPS) is 20.8. The summed E-state index contributed by atoms with van der Waals surface area (Å²) in [6.45, 7) is 8.65. The molecule has 1 aromatic rings. The van der Waals surface area contributed by atoms with E-state index in [4.69, 9.17) is 4.74 Å². The predicted octanol–water partition coefficient (Wildman–Crippen LogP) is 1.28. The first-order valence-electron chi connectivity index (χ1n) is 8.11. The van der Waals surface area contributed by atoms with Gasteiger partial charge in [0.05, 0.1) is 26.3 Å². The molecule has 2 fully saturated rings. The molecule has 2 saturated heterocycles. The Bertz CT molecular complexity index is 575. The van der Waals surface area contributed by atoms with Gasteiger partial charge in [0, 0.05) is 25.2 Å². The Morgan fingerprint density at radius 3 is 2.78 bits per heavy atom. The lowest BCUT2D eigenvalue weighted by Crippen LogP contribution is -2.63. The number of morpholine rings is 1. The van der Waals surface area contributed by atoms with Gasteiger partial charge in [-0.3, -0.25) is 9.69 Å². The summed E-state index contributed by atoms with van der Waals surface area (Å²) < 4.78 is 5.36. The first-order valence-corrected chi connectivity index (χ1v) is 8.11. The molecule has 0 aromatic heterocycles. The number of β-amino-alcohol motifs (C(OH)–C–C–N with tert-alkyl or cyclic N) is 1. The minimum absolute atomic E-state index is 0.0115. The maximum absolute atomic E-state index is 12.5. The van der Waals surface area contributed by atoms with E-state index in [9.17, 15) is 9.90 Å². The van der Waals surface area contributed by atoms with Crippen LogP contribution in [0.4, 0.5) is 0 Å². The second-order valence-electron chi connectivity index (χ2n) is 6.47. The van der Waals surface area contributed by atoms with Gasteiger partial charge in [0.15, 0.2) is 0 Å². The van der Waals surface area contributed by atoms with Gasteiger partial charge < -0.3 is 14.7 Å². The Kier molecular flexibility index (Phi) is 4.80. The van der Waals surface area contributed by atoms with Crippen molar-refractivity contribution in [1.82, 2.24) is 9.80 Å². The zero-order valence-electron chi connectivity index (χ0n) is 13.4. The summed E-state index contributed by atoms with van der Waals surface area (Å²) in [6.07, 6.45) is 2.22. The fraction of sp³-hybridized carbons (Fsp3) is 0.500. The number of amides is 1. The summed E-state index contributed by atoms with van der Waals surface area (Å²) >= 11 is 0. The van der Waals surface area contributed by atoms with Gasteiger partial charge in [-0.2, -0.15) is 0 Å². The van der Waals surface area contributed by atoms with Crippen LogP contribution in [0.5, 0.6) is 0 Å². The van der Waals surface area contributed by atoms with Crippen LogP contribution in [0.25, 0.3) is 0 Å². The molecule has 0 bridgehead atoms. The van der Waals surface area contributed by atoms with E-state index in [-0.39, 0.29) is 5.91 Å². The van der Waals surface area contributed by atoms with Crippen molar-refractivity contribution in [3.05, 3.63) is 48.0 Å². The Labute approximate surface area is 137 Å². The van der Waals surface area contributed by atoms with Gasteiger partial charge in [-0.15, -0.1) is 6.58 Å². The molecule has 2 aliphatic heterocycles. The number of carbonyl (C=O) groups excluding carboxylic acids is 1. The van der Waals surface area contributed by atoms with E-state index >= 15 is 0 Å². The highest BCUT2D eigenvalue weighted by atomic mass is 16.5. The largest absolute Gasteiger partial charge is 0.386 e. The van der Waals surface area contributed by atoms with E-state index in [1.165, 1.54) is 0 Å². The van der Waals surface area contributed by atoms with E-state index in [2.05, 4.69) is 17.5 Å². The second-order valence-corrected chi connectivity index (χ2v) is 6.47. The summed E-state index contributed by atoms with van der Waals surface area (Å²) in [5.41, 5.74) is 1.04. The Morgan fingerprint density at radius 1 is 1.35 bits per heavy atom. The molecule has 0 aliphatic carbocycles. The van der Waals surface area contributed by atoms with Crippen LogP contribution in [0.1, 0.15) is 22.3 Å². The lowest BCUT2D eigenvalue weighted by Gasteiger charge is -2.46. The first kappa shape index (κ1) is 16.2. The molecule has 23 heavy (non-hydrogen) atoms. The molecule has 124 valence electrons. The average molecular weight is 316 g/mol. The zero-order valence-corrected chi connectivity index (χ0v) is 13.4. The highest BCUT2D eigenvalue weighted by Gasteiger charge is 2.42. The van der Waals surface area contributed by atoms with E-state index in [0.29, 0.717) is 25.1 Å². The van der Waals surface area contributed by atoms with Crippen LogP contribution in [0.3, 0.4) is 0 Å². The number of hydrogen-bond acceptors (Lipinski definition) is 4. The van der Waals surface area contributed by atoms with Gasteiger partial charge in [-0.25, -0.2) is 0 Å². The van der Waals surface area contributed by atoms with Gasteiger partial charge >= 0.3 is 0 Å². The van der Waals surface area contributed by atoms with E-state index < -0.39 is 5.60 Å². The number of carbonyl (C=O) groups is 1. The molecule has 5 nitrogen and oxygen atoms in total. The highest BCUT2D eigenvalue weighted by Crippen LogP contribution is 2.26. The molecule has 5 heteroatoms. The van der Waals surface area contributed by atoms with Crippen molar-refractivity contribution >= 4 is 5.91 Å². The maximum Gasteiger partial charge on any atom is 0.254 e. The summed E-state index contributed by atoms with van der Waals surface area (Å²) in [6, 6.07) is 7.79. The van der Waals surface area contributed by atoms with Gasteiger partial charge in [0.2, 0.25) is 0 Å². The molecule has 1 aromatic carbocycles. The summed E-state index contributed by atoms with van der Waals surface area (Å²) in [7, 11) is 0. The molecule has 1 amide bonds. The van der Waals surface area contributed by atoms with Crippen molar-refractivity contribution in [3.8, 4) is 0 Å². The van der Waals surface area contributed by atoms with Crippen molar-refractivity contribution < 1.29 is 14.6 Å². The summed E-state index contributed by atoms with van der Waals surface area (Å²) in [4.78, 5) is 16.5. The molecule has 3 rings (SSSR count).